The van der Waals surface area contributed by atoms with Gasteiger partial charge in [-0.15, -0.1) is 0 Å². The molecule has 148 valence electrons. The zero-order chi connectivity index (χ0) is 20.6. The molecule has 0 radical (unpaired) electrons. The number of carbonyl (C=O) groups is 1. The van der Waals surface area contributed by atoms with Gasteiger partial charge in [0.05, 0.1) is 12.2 Å². The maximum Gasteiger partial charge on any atom is 0.417 e. The molecule has 2 heterocycles. The van der Waals surface area contributed by atoms with Gasteiger partial charge in [0, 0.05) is 23.3 Å². The van der Waals surface area contributed by atoms with Crippen molar-refractivity contribution in [3.8, 4) is 11.5 Å². The lowest BCUT2D eigenvalue weighted by atomic mass is 10.2. The summed E-state index contributed by atoms with van der Waals surface area (Å²) in [4.78, 5) is 18.5. The SMILES string of the molecule is FC(F)(F)c1ccc(-c2ncon2)nc1.O=C(NCCO)c1ccc(Cl)cc1. The van der Waals surface area contributed by atoms with Crippen molar-refractivity contribution in [2.75, 3.05) is 13.2 Å². The molecule has 3 rings (SSSR count). The van der Waals surface area contributed by atoms with Crippen molar-refractivity contribution < 1.29 is 27.6 Å². The highest BCUT2D eigenvalue weighted by atomic mass is 35.5. The van der Waals surface area contributed by atoms with Crippen LogP contribution in [-0.2, 0) is 6.18 Å². The van der Waals surface area contributed by atoms with Crippen LogP contribution in [-0.4, -0.2) is 39.3 Å². The first-order valence-corrected chi connectivity index (χ1v) is 8.13. The third kappa shape index (κ3) is 6.32. The predicted octanol–water partition coefficient (Wildman–Crippen LogP) is 3.21. The van der Waals surface area contributed by atoms with Gasteiger partial charge in [0.1, 0.15) is 5.69 Å². The number of carbonyl (C=O) groups excluding carboxylic acids is 1. The third-order valence-corrected chi connectivity index (χ3v) is 3.44. The number of hydrogen-bond acceptors (Lipinski definition) is 6. The maximum atomic E-state index is 12.2. The molecule has 0 atom stereocenters. The number of nitrogens with one attached hydrogen (secondary N) is 1. The molecule has 0 saturated carbocycles. The Morgan fingerprint density at radius 3 is 2.36 bits per heavy atom. The van der Waals surface area contributed by atoms with Crippen LogP contribution in [0.25, 0.3) is 11.5 Å². The largest absolute Gasteiger partial charge is 0.417 e. The molecular formula is C17H14ClF3N4O3. The van der Waals surface area contributed by atoms with E-state index in [1.165, 1.54) is 6.07 Å². The maximum absolute atomic E-state index is 12.2. The molecule has 0 bridgehead atoms. The zero-order valence-corrected chi connectivity index (χ0v) is 14.9. The van der Waals surface area contributed by atoms with Gasteiger partial charge >= 0.3 is 6.18 Å². The number of hydrogen-bond donors (Lipinski definition) is 2. The number of pyridine rings is 1. The fourth-order valence-electron chi connectivity index (χ4n) is 1.85. The number of nitrogens with zero attached hydrogens (tertiary/aromatic N) is 3. The van der Waals surface area contributed by atoms with Crippen LogP contribution in [0, 0.1) is 0 Å². The second kappa shape index (κ2) is 9.81. The lowest BCUT2D eigenvalue weighted by Crippen LogP contribution is -2.26. The number of amides is 1. The van der Waals surface area contributed by atoms with E-state index in [1.807, 2.05) is 0 Å². The lowest BCUT2D eigenvalue weighted by molar-refractivity contribution is -0.137. The first-order chi connectivity index (χ1) is 13.3. The molecule has 0 fully saturated rings. The normalized spacial score (nSPS) is 10.8. The van der Waals surface area contributed by atoms with Crippen molar-refractivity contribution >= 4 is 17.5 Å². The van der Waals surface area contributed by atoms with Gasteiger partial charge in [0.15, 0.2) is 0 Å². The Morgan fingerprint density at radius 2 is 1.86 bits per heavy atom. The van der Waals surface area contributed by atoms with E-state index in [1.54, 1.807) is 24.3 Å². The molecule has 28 heavy (non-hydrogen) atoms. The standard InChI is InChI=1S/C9H10ClNO2.C8H4F3N3O/c10-8-3-1-7(2-4-8)9(13)11-5-6-12;9-8(10,11)5-1-2-6(12-3-5)7-13-4-15-14-7/h1-4,12H,5-6H2,(H,11,13);1-4H. The van der Waals surface area contributed by atoms with Gasteiger partial charge in [0.2, 0.25) is 12.2 Å². The zero-order valence-electron chi connectivity index (χ0n) is 14.2. The Kier molecular flexibility index (Phi) is 7.47. The van der Waals surface area contributed by atoms with Gasteiger partial charge in [-0.25, -0.2) is 0 Å². The van der Waals surface area contributed by atoms with E-state index in [0.29, 0.717) is 10.6 Å². The van der Waals surface area contributed by atoms with Crippen LogP contribution < -0.4 is 5.32 Å². The van der Waals surface area contributed by atoms with Crippen molar-refractivity contribution in [3.05, 3.63) is 65.1 Å². The number of aliphatic hydroxyl groups is 1. The van der Waals surface area contributed by atoms with E-state index in [9.17, 15) is 18.0 Å². The van der Waals surface area contributed by atoms with Crippen LogP contribution >= 0.6 is 11.6 Å². The summed E-state index contributed by atoms with van der Waals surface area (Å²) in [6.45, 7) is 0.209. The summed E-state index contributed by atoms with van der Waals surface area (Å²) in [7, 11) is 0. The summed E-state index contributed by atoms with van der Waals surface area (Å²) in [5, 5.41) is 15.1. The Morgan fingerprint density at radius 1 is 1.14 bits per heavy atom. The van der Waals surface area contributed by atoms with Crippen LogP contribution in [0.15, 0.2) is 53.5 Å². The molecule has 2 aromatic heterocycles. The van der Waals surface area contributed by atoms with Crippen LogP contribution in [0.1, 0.15) is 15.9 Å². The fraction of sp³-hybridized carbons (Fsp3) is 0.176. The average Bonchev–Trinajstić information content (AvgIpc) is 3.21. The van der Waals surface area contributed by atoms with Crippen molar-refractivity contribution in [1.29, 1.82) is 0 Å². The van der Waals surface area contributed by atoms with E-state index in [-0.39, 0.29) is 30.6 Å². The van der Waals surface area contributed by atoms with E-state index in [0.717, 1.165) is 18.7 Å². The third-order valence-electron chi connectivity index (χ3n) is 3.18. The lowest BCUT2D eigenvalue weighted by Gasteiger charge is -2.05. The molecule has 1 amide bonds. The van der Waals surface area contributed by atoms with Crippen molar-refractivity contribution in [1.82, 2.24) is 20.4 Å². The minimum Gasteiger partial charge on any atom is -0.395 e. The molecule has 0 unspecified atom stereocenters. The van der Waals surface area contributed by atoms with E-state index in [2.05, 4.69) is 25.0 Å². The van der Waals surface area contributed by atoms with E-state index >= 15 is 0 Å². The van der Waals surface area contributed by atoms with Gasteiger partial charge in [0.25, 0.3) is 5.91 Å². The van der Waals surface area contributed by atoms with Gasteiger partial charge in [-0.1, -0.05) is 16.8 Å². The Labute approximate surface area is 162 Å². The molecule has 0 aliphatic heterocycles. The minimum atomic E-state index is -4.39. The summed E-state index contributed by atoms with van der Waals surface area (Å²) >= 11 is 5.65. The van der Waals surface area contributed by atoms with E-state index < -0.39 is 11.7 Å². The monoisotopic (exact) mass is 414 g/mol. The van der Waals surface area contributed by atoms with E-state index in [4.69, 9.17) is 16.7 Å². The highest BCUT2D eigenvalue weighted by molar-refractivity contribution is 6.30. The van der Waals surface area contributed by atoms with Crippen molar-refractivity contribution in [2.24, 2.45) is 0 Å². The molecule has 11 heteroatoms. The van der Waals surface area contributed by atoms with Gasteiger partial charge < -0.3 is 14.9 Å². The Hall–Kier alpha value is -2.98. The second-order valence-corrected chi connectivity index (χ2v) is 5.61. The Balaban J connectivity index is 0.000000203. The predicted molar refractivity (Wildman–Crippen MR) is 93.4 cm³/mol. The van der Waals surface area contributed by atoms with Gasteiger partial charge in [-0.05, 0) is 36.4 Å². The van der Waals surface area contributed by atoms with Crippen LogP contribution in [0.2, 0.25) is 5.02 Å². The number of aliphatic hydroxyl groups excluding tert-OH is 1. The number of aromatic nitrogens is 3. The molecule has 0 aliphatic rings. The molecule has 0 saturated heterocycles. The smallest absolute Gasteiger partial charge is 0.395 e. The van der Waals surface area contributed by atoms with Crippen molar-refractivity contribution in [3.63, 3.8) is 0 Å². The molecule has 1 aromatic carbocycles. The summed E-state index contributed by atoms with van der Waals surface area (Å²) in [5.74, 6) is -0.0468. The Bertz CT molecular complexity index is 870. The molecule has 0 aliphatic carbocycles. The number of halogens is 4. The summed E-state index contributed by atoms with van der Waals surface area (Å²) in [5.41, 5.74) is -0.0376. The summed E-state index contributed by atoms with van der Waals surface area (Å²) in [6, 6.07) is 8.67. The summed E-state index contributed by atoms with van der Waals surface area (Å²) < 4.78 is 41.0. The molecule has 0 spiro atoms. The highest BCUT2D eigenvalue weighted by Gasteiger charge is 2.30. The highest BCUT2D eigenvalue weighted by Crippen LogP contribution is 2.29. The topological polar surface area (TPSA) is 101 Å². The molecule has 7 nitrogen and oxygen atoms in total. The summed E-state index contributed by atoms with van der Waals surface area (Å²) in [6.07, 6.45) is -2.58. The quantitative estimate of drug-likeness (QED) is 0.679. The van der Waals surface area contributed by atoms with Crippen LogP contribution in [0.4, 0.5) is 13.2 Å². The van der Waals surface area contributed by atoms with Crippen LogP contribution in [0.5, 0.6) is 0 Å². The molecule has 3 aromatic rings. The van der Waals surface area contributed by atoms with Crippen molar-refractivity contribution in [2.45, 2.75) is 6.18 Å². The number of benzene rings is 1. The average molecular weight is 415 g/mol. The first-order valence-electron chi connectivity index (χ1n) is 7.76. The number of alkyl halides is 3. The fourth-order valence-corrected chi connectivity index (χ4v) is 1.98. The molecular weight excluding hydrogens is 401 g/mol. The van der Waals surface area contributed by atoms with Gasteiger partial charge in [-0.2, -0.15) is 18.2 Å². The second-order valence-electron chi connectivity index (χ2n) is 5.17. The number of rotatable bonds is 4. The first kappa shape index (κ1) is 21.3. The van der Waals surface area contributed by atoms with Crippen LogP contribution in [0.3, 0.4) is 0 Å². The minimum absolute atomic E-state index is 0.0562. The van der Waals surface area contributed by atoms with Gasteiger partial charge in [-0.3, -0.25) is 9.78 Å². The molecule has 2 N–H and O–H groups in total.